The lowest BCUT2D eigenvalue weighted by Crippen LogP contribution is -2.15. The minimum absolute atomic E-state index is 0.224. The standard InChI is InChI=1S/C26H28N6O/c1-17-20(9-5-12-27-16-18-7-3-2-4-8-18)23(19-10-11-19)22(30-17)15-21-24(31-32-26(21)33)25-28-13-6-14-29-25/h2-4,6-8,13-15,19,27,30H,5,9-12,16H2,1H3,(H,32,33). The Kier molecular flexibility index (Phi) is 6.13. The van der Waals surface area contributed by atoms with Crippen molar-refractivity contribution in [2.75, 3.05) is 6.54 Å². The van der Waals surface area contributed by atoms with E-state index in [1.54, 1.807) is 18.5 Å². The number of hydrazone groups is 1. The number of H-pyrrole nitrogens is 1. The summed E-state index contributed by atoms with van der Waals surface area (Å²) in [5.41, 5.74) is 9.79. The first-order valence-electron chi connectivity index (χ1n) is 11.5. The fraction of sp³-hybridized carbons (Fsp3) is 0.308. The van der Waals surface area contributed by atoms with E-state index in [1.165, 1.54) is 35.2 Å². The summed E-state index contributed by atoms with van der Waals surface area (Å²) in [5, 5.41) is 7.73. The van der Waals surface area contributed by atoms with Gasteiger partial charge in [0.1, 0.15) is 5.71 Å². The van der Waals surface area contributed by atoms with Crippen LogP contribution in [0.15, 0.2) is 59.5 Å². The van der Waals surface area contributed by atoms with E-state index in [9.17, 15) is 4.79 Å². The number of amides is 1. The molecule has 0 unspecified atom stereocenters. The van der Waals surface area contributed by atoms with Crippen molar-refractivity contribution < 1.29 is 4.79 Å². The van der Waals surface area contributed by atoms with Gasteiger partial charge >= 0.3 is 0 Å². The van der Waals surface area contributed by atoms with Crippen LogP contribution in [-0.2, 0) is 17.8 Å². The van der Waals surface area contributed by atoms with Crippen molar-refractivity contribution in [3.05, 3.63) is 88.3 Å². The van der Waals surface area contributed by atoms with Gasteiger partial charge < -0.3 is 10.3 Å². The van der Waals surface area contributed by atoms with E-state index in [0.717, 1.165) is 31.6 Å². The largest absolute Gasteiger partial charge is 0.359 e. The van der Waals surface area contributed by atoms with Crippen molar-refractivity contribution in [3.8, 4) is 0 Å². The zero-order valence-corrected chi connectivity index (χ0v) is 18.8. The molecular formula is C26H28N6O. The Morgan fingerprint density at radius 1 is 1.12 bits per heavy atom. The molecule has 3 aromatic rings. The Morgan fingerprint density at radius 3 is 2.67 bits per heavy atom. The number of aromatic amines is 1. The lowest BCUT2D eigenvalue weighted by atomic mass is 9.98. The van der Waals surface area contributed by atoms with E-state index >= 15 is 0 Å². The van der Waals surface area contributed by atoms with Crippen LogP contribution in [0.3, 0.4) is 0 Å². The summed E-state index contributed by atoms with van der Waals surface area (Å²) in [7, 11) is 0. The first-order chi connectivity index (χ1) is 16.2. The number of hydrogen-bond donors (Lipinski definition) is 3. The van der Waals surface area contributed by atoms with Crippen LogP contribution >= 0.6 is 0 Å². The lowest BCUT2D eigenvalue weighted by molar-refractivity contribution is -0.116. The summed E-state index contributed by atoms with van der Waals surface area (Å²) in [4.78, 5) is 24.6. The summed E-state index contributed by atoms with van der Waals surface area (Å²) in [6, 6.07) is 12.2. The number of hydrogen-bond acceptors (Lipinski definition) is 5. The highest BCUT2D eigenvalue weighted by Crippen LogP contribution is 2.45. The van der Waals surface area contributed by atoms with Crippen molar-refractivity contribution in [1.82, 2.24) is 25.7 Å². The molecule has 1 saturated carbocycles. The van der Waals surface area contributed by atoms with Crippen LogP contribution in [0.1, 0.15) is 59.1 Å². The SMILES string of the molecule is Cc1[nH]c(C=C2C(=O)NN=C2c2ncccn2)c(C2CC2)c1CCCNCc1ccccc1. The first-order valence-corrected chi connectivity index (χ1v) is 11.5. The van der Waals surface area contributed by atoms with Gasteiger partial charge in [0.15, 0.2) is 5.82 Å². The minimum atomic E-state index is -0.224. The second-order valence-electron chi connectivity index (χ2n) is 8.63. The summed E-state index contributed by atoms with van der Waals surface area (Å²) in [6.07, 6.45) is 9.70. The van der Waals surface area contributed by atoms with Gasteiger partial charge in [0.25, 0.3) is 5.91 Å². The van der Waals surface area contributed by atoms with Gasteiger partial charge in [-0.15, -0.1) is 0 Å². The van der Waals surface area contributed by atoms with Gasteiger partial charge in [-0.1, -0.05) is 30.3 Å². The van der Waals surface area contributed by atoms with Gasteiger partial charge in [-0.05, 0) is 73.9 Å². The number of nitrogens with zero attached hydrogens (tertiary/aromatic N) is 3. The van der Waals surface area contributed by atoms with Crippen LogP contribution in [0.2, 0.25) is 0 Å². The Hall–Kier alpha value is -3.58. The average Bonchev–Trinajstić information content (AvgIpc) is 3.55. The molecule has 3 heterocycles. The van der Waals surface area contributed by atoms with Crippen LogP contribution in [0.25, 0.3) is 6.08 Å². The topological polar surface area (TPSA) is 95.1 Å². The fourth-order valence-electron chi connectivity index (χ4n) is 4.41. The molecule has 2 aromatic heterocycles. The summed E-state index contributed by atoms with van der Waals surface area (Å²) in [5.74, 6) is 0.785. The summed E-state index contributed by atoms with van der Waals surface area (Å²) >= 11 is 0. The van der Waals surface area contributed by atoms with Crippen LogP contribution in [0, 0.1) is 6.92 Å². The molecule has 3 N–H and O–H groups in total. The highest BCUT2D eigenvalue weighted by atomic mass is 16.2. The predicted molar refractivity (Wildman–Crippen MR) is 129 cm³/mol. The number of carbonyl (C=O) groups is 1. The van der Waals surface area contributed by atoms with Gasteiger partial charge in [0.2, 0.25) is 0 Å². The van der Waals surface area contributed by atoms with E-state index in [2.05, 4.69) is 62.0 Å². The second kappa shape index (κ2) is 9.50. The number of nitrogens with one attached hydrogen (secondary N) is 3. The number of benzene rings is 1. The number of rotatable bonds is 9. The maximum Gasteiger partial charge on any atom is 0.273 e. The molecule has 7 nitrogen and oxygen atoms in total. The van der Waals surface area contributed by atoms with Gasteiger partial charge in [-0.3, -0.25) is 4.79 Å². The monoisotopic (exact) mass is 440 g/mol. The third-order valence-corrected chi connectivity index (χ3v) is 6.16. The van der Waals surface area contributed by atoms with E-state index in [-0.39, 0.29) is 5.91 Å². The number of aromatic nitrogens is 3. The molecule has 1 amide bonds. The molecule has 0 radical (unpaired) electrons. The molecule has 1 aliphatic heterocycles. The molecule has 7 heteroatoms. The molecule has 1 aromatic carbocycles. The maximum atomic E-state index is 12.5. The molecule has 2 aliphatic rings. The third-order valence-electron chi connectivity index (χ3n) is 6.16. The molecule has 0 bridgehead atoms. The smallest absolute Gasteiger partial charge is 0.273 e. The minimum Gasteiger partial charge on any atom is -0.359 e. The maximum absolute atomic E-state index is 12.5. The fourth-order valence-corrected chi connectivity index (χ4v) is 4.41. The summed E-state index contributed by atoms with van der Waals surface area (Å²) in [6.45, 7) is 3.98. The highest BCUT2D eigenvalue weighted by molar-refractivity contribution is 6.32. The van der Waals surface area contributed by atoms with Crippen molar-refractivity contribution in [1.29, 1.82) is 0 Å². The number of carbonyl (C=O) groups excluding carboxylic acids is 1. The van der Waals surface area contributed by atoms with Crippen molar-refractivity contribution in [2.45, 2.75) is 45.1 Å². The summed E-state index contributed by atoms with van der Waals surface area (Å²) < 4.78 is 0. The molecule has 1 aliphatic carbocycles. The zero-order valence-electron chi connectivity index (χ0n) is 18.8. The Bertz CT molecular complexity index is 1190. The van der Waals surface area contributed by atoms with Gasteiger partial charge in [-0.25, -0.2) is 15.4 Å². The third kappa shape index (κ3) is 4.78. The average molecular weight is 441 g/mol. The van der Waals surface area contributed by atoms with Crippen LogP contribution in [0.5, 0.6) is 0 Å². The molecule has 5 rings (SSSR count). The Labute approximate surface area is 193 Å². The molecule has 33 heavy (non-hydrogen) atoms. The zero-order chi connectivity index (χ0) is 22.6. The van der Waals surface area contributed by atoms with Gasteiger partial charge in [0.05, 0.1) is 5.57 Å². The van der Waals surface area contributed by atoms with Crippen LogP contribution < -0.4 is 10.7 Å². The molecule has 168 valence electrons. The van der Waals surface area contributed by atoms with Crippen LogP contribution in [-0.4, -0.2) is 33.1 Å². The molecule has 1 fully saturated rings. The first kappa shape index (κ1) is 21.3. The van der Waals surface area contributed by atoms with Crippen LogP contribution in [0.4, 0.5) is 0 Å². The van der Waals surface area contributed by atoms with E-state index in [4.69, 9.17) is 0 Å². The van der Waals surface area contributed by atoms with Gasteiger partial charge in [-0.2, -0.15) is 5.10 Å². The molecular weight excluding hydrogens is 412 g/mol. The lowest BCUT2D eigenvalue weighted by Gasteiger charge is -2.08. The Balaban J connectivity index is 1.32. The quantitative estimate of drug-likeness (QED) is 0.350. The Morgan fingerprint density at radius 2 is 1.91 bits per heavy atom. The van der Waals surface area contributed by atoms with E-state index in [0.29, 0.717) is 23.0 Å². The predicted octanol–water partition coefficient (Wildman–Crippen LogP) is 3.63. The second-order valence-corrected chi connectivity index (χ2v) is 8.63. The molecule has 0 atom stereocenters. The molecule has 0 spiro atoms. The highest BCUT2D eigenvalue weighted by Gasteiger charge is 2.32. The van der Waals surface area contributed by atoms with Crippen molar-refractivity contribution >= 4 is 17.7 Å². The normalized spacial score (nSPS) is 16.8. The van der Waals surface area contributed by atoms with Crippen molar-refractivity contribution in [2.24, 2.45) is 5.10 Å². The van der Waals surface area contributed by atoms with Gasteiger partial charge in [0, 0.05) is 30.3 Å². The van der Waals surface area contributed by atoms with Crippen molar-refractivity contribution in [3.63, 3.8) is 0 Å². The molecule has 0 saturated heterocycles. The number of aryl methyl sites for hydroxylation is 1. The van der Waals surface area contributed by atoms with E-state index in [1.807, 2.05) is 12.1 Å². The van der Waals surface area contributed by atoms with E-state index < -0.39 is 0 Å².